The fourth-order valence-corrected chi connectivity index (χ4v) is 3.83. The summed E-state index contributed by atoms with van der Waals surface area (Å²) in [6.07, 6.45) is 2.59. The van der Waals surface area contributed by atoms with Crippen molar-refractivity contribution in [3.8, 4) is 6.07 Å². The van der Waals surface area contributed by atoms with Crippen LogP contribution in [-0.4, -0.2) is 41.0 Å². The number of carbonyl (C=O) groups is 1. The number of anilines is 3. The molecule has 1 aromatic heterocycles. The summed E-state index contributed by atoms with van der Waals surface area (Å²) >= 11 is 0. The Balaban J connectivity index is 1.47. The lowest BCUT2D eigenvalue weighted by Crippen LogP contribution is -2.42. The summed E-state index contributed by atoms with van der Waals surface area (Å²) in [5.41, 5.74) is 1.38. The van der Waals surface area contributed by atoms with Crippen molar-refractivity contribution in [2.24, 2.45) is 0 Å². The van der Waals surface area contributed by atoms with Gasteiger partial charge in [-0.25, -0.2) is 14.4 Å². The van der Waals surface area contributed by atoms with E-state index in [4.69, 9.17) is 0 Å². The molecule has 0 aliphatic carbocycles. The molecule has 1 fully saturated rings. The van der Waals surface area contributed by atoms with Gasteiger partial charge in [-0.2, -0.15) is 10.2 Å². The van der Waals surface area contributed by atoms with Gasteiger partial charge in [0.25, 0.3) is 5.91 Å². The second-order valence-corrected chi connectivity index (χ2v) is 7.58. The van der Waals surface area contributed by atoms with Crippen LogP contribution < -0.4 is 15.5 Å². The van der Waals surface area contributed by atoms with E-state index in [1.165, 1.54) is 18.5 Å². The third kappa shape index (κ3) is 4.34. The van der Waals surface area contributed by atoms with Crippen LogP contribution in [0.3, 0.4) is 0 Å². The van der Waals surface area contributed by atoms with Crippen LogP contribution in [0.4, 0.5) is 22.0 Å². The summed E-state index contributed by atoms with van der Waals surface area (Å²) in [6, 6.07) is 15.6. The first kappa shape index (κ1) is 21.2. The van der Waals surface area contributed by atoms with Crippen molar-refractivity contribution >= 4 is 23.5 Å². The van der Waals surface area contributed by atoms with Crippen LogP contribution >= 0.6 is 0 Å². The molecule has 4 rings (SSSR count). The molecular formula is C23H22FN7O. The standard InChI is InChI=1S/C23H22FN7O/c1-26-20(32)16-3-2-4-19(13-16)29-21-27-15-28-22(30-21)31-11-9-23(14-25,10-12-31)17-5-7-18(24)8-6-17/h2-8,13,15H,9-12H2,1H3,(H,26,32)(H,27,28,29,30). The molecule has 0 spiro atoms. The number of rotatable bonds is 5. The Morgan fingerprint density at radius 3 is 2.59 bits per heavy atom. The van der Waals surface area contributed by atoms with E-state index >= 15 is 0 Å². The summed E-state index contributed by atoms with van der Waals surface area (Å²) < 4.78 is 13.3. The highest BCUT2D eigenvalue weighted by molar-refractivity contribution is 5.95. The maximum atomic E-state index is 13.3. The van der Waals surface area contributed by atoms with Crippen LogP contribution in [0.5, 0.6) is 0 Å². The molecule has 3 aromatic rings. The van der Waals surface area contributed by atoms with Gasteiger partial charge >= 0.3 is 0 Å². The Morgan fingerprint density at radius 2 is 1.91 bits per heavy atom. The van der Waals surface area contributed by atoms with Gasteiger partial charge in [-0.05, 0) is 48.7 Å². The number of carbonyl (C=O) groups excluding carboxylic acids is 1. The van der Waals surface area contributed by atoms with E-state index in [1.54, 1.807) is 37.4 Å². The molecule has 8 nitrogen and oxygen atoms in total. The van der Waals surface area contributed by atoms with Gasteiger partial charge in [-0.1, -0.05) is 18.2 Å². The molecule has 2 heterocycles. The quantitative estimate of drug-likeness (QED) is 0.639. The minimum absolute atomic E-state index is 0.180. The maximum absolute atomic E-state index is 13.3. The van der Waals surface area contributed by atoms with Crippen molar-refractivity contribution in [2.45, 2.75) is 18.3 Å². The Hall–Kier alpha value is -4.06. The predicted octanol–water partition coefficient (Wildman–Crippen LogP) is 3.18. The van der Waals surface area contributed by atoms with E-state index in [0.717, 1.165) is 5.56 Å². The van der Waals surface area contributed by atoms with E-state index in [1.807, 2.05) is 11.0 Å². The molecule has 0 unspecified atom stereocenters. The number of aromatic nitrogens is 3. The minimum atomic E-state index is -0.654. The summed E-state index contributed by atoms with van der Waals surface area (Å²) in [4.78, 5) is 26.8. The van der Waals surface area contributed by atoms with Crippen LogP contribution in [0, 0.1) is 17.1 Å². The number of piperidine rings is 1. The molecule has 1 aliphatic heterocycles. The minimum Gasteiger partial charge on any atom is -0.355 e. The normalized spacial score (nSPS) is 15.0. The first-order valence-electron chi connectivity index (χ1n) is 10.2. The third-order valence-electron chi connectivity index (χ3n) is 5.68. The van der Waals surface area contributed by atoms with Crippen LogP contribution in [0.1, 0.15) is 28.8 Å². The van der Waals surface area contributed by atoms with Crippen LogP contribution in [0.15, 0.2) is 54.9 Å². The highest BCUT2D eigenvalue weighted by atomic mass is 19.1. The van der Waals surface area contributed by atoms with Crippen molar-refractivity contribution < 1.29 is 9.18 Å². The van der Waals surface area contributed by atoms with Crippen molar-refractivity contribution in [3.05, 3.63) is 71.8 Å². The molecule has 1 aliphatic rings. The molecule has 32 heavy (non-hydrogen) atoms. The molecule has 162 valence electrons. The molecule has 9 heteroatoms. The van der Waals surface area contributed by atoms with Crippen LogP contribution in [-0.2, 0) is 5.41 Å². The second-order valence-electron chi connectivity index (χ2n) is 7.58. The van der Waals surface area contributed by atoms with Gasteiger partial charge in [-0.3, -0.25) is 4.79 Å². The van der Waals surface area contributed by atoms with E-state index in [-0.39, 0.29) is 11.7 Å². The third-order valence-corrected chi connectivity index (χ3v) is 5.68. The highest BCUT2D eigenvalue weighted by Crippen LogP contribution is 2.36. The highest BCUT2D eigenvalue weighted by Gasteiger charge is 2.37. The molecule has 2 aromatic carbocycles. The van der Waals surface area contributed by atoms with E-state index in [2.05, 4.69) is 31.7 Å². The fraction of sp³-hybridized carbons (Fsp3) is 0.261. The number of nitrogens with zero attached hydrogens (tertiary/aromatic N) is 5. The van der Waals surface area contributed by atoms with Gasteiger partial charge in [0.15, 0.2) is 0 Å². The number of halogens is 1. The predicted molar refractivity (Wildman–Crippen MR) is 118 cm³/mol. The van der Waals surface area contributed by atoms with Gasteiger partial charge < -0.3 is 15.5 Å². The summed E-state index contributed by atoms with van der Waals surface area (Å²) in [6.45, 7) is 1.17. The topological polar surface area (TPSA) is 107 Å². The maximum Gasteiger partial charge on any atom is 0.251 e. The fourth-order valence-electron chi connectivity index (χ4n) is 3.83. The van der Waals surface area contributed by atoms with Gasteiger partial charge in [0, 0.05) is 31.4 Å². The number of benzene rings is 2. The molecule has 1 amide bonds. The lowest BCUT2D eigenvalue weighted by atomic mass is 9.74. The van der Waals surface area contributed by atoms with Gasteiger partial charge in [0.05, 0.1) is 11.5 Å². The Labute approximate surface area is 185 Å². The summed E-state index contributed by atoms with van der Waals surface area (Å²) in [5, 5.41) is 15.6. The van der Waals surface area contributed by atoms with Gasteiger partial charge in [0.1, 0.15) is 12.1 Å². The van der Waals surface area contributed by atoms with Crippen molar-refractivity contribution in [2.75, 3.05) is 30.4 Å². The van der Waals surface area contributed by atoms with Crippen LogP contribution in [0.25, 0.3) is 0 Å². The van der Waals surface area contributed by atoms with Crippen molar-refractivity contribution in [1.29, 1.82) is 5.26 Å². The monoisotopic (exact) mass is 431 g/mol. The number of amides is 1. The second kappa shape index (κ2) is 8.98. The number of hydrogen-bond donors (Lipinski definition) is 2. The van der Waals surface area contributed by atoms with Crippen LogP contribution in [0.2, 0.25) is 0 Å². The lowest BCUT2D eigenvalue weighted by molar-refractivity contribution is 0.0963. The molecular weight excluding hydrogens is 409 g/mol. The zero-order valence-electron chi connectivity index (χ0n) is 17.5. The zero-order valence-corrected chi connectivity index (χ0v) is 17.5. The average molecular weight is 431 g/mol. The number of hydrogen-bond acceptors (Lipinski definition) is 7. The average Bonchev–Trinajstić information content (AvgIpc) is 2.84. The molecule has 0 radical (unpaired) electrons. The zero-order chi connectivity index (χ0) is 22.6. The first-order valence-corrected chi connectivity index (χ1v) is 10.2. The largest absolute Gasteiger partial charge is 0.355 e. The number of nitrogens with one attached hydrogen (secondary N) is 2. The summed E-state index contributed by atoms with van der Waals surface area (Å²) in [7, 11) is 1.58. The molecule has 0 saturated carbocycles. The van der Waals surface area contributed by atoms with Crippen molar-refractivity contribution in [3.63, 3.8) is 0 Å². The smallest absolute Gasteiger partial charge is 0.251 e. The molecule has 0 bridgehead atoms. The SMILES string of the molecule is CNC(=O)c1cccc(Nc2ncnc(N3CCC(C#N)(c4ccc(F)cc4)CC3)n2)c1. The number of nitriles is 1. The van der Waals surface area contributed by atoms with Crippen molar-refractivity contribution in [1.82, 2.24) is 20.3 Å². The van der Waals surface area contributed by atoms with E-state index < -0.39 is 5.41 Å². The van der Waals surface area contributed by atoms with Gasteiger partial charge in [0.2, 0.25) is 11.9 Å². The molecule has 0 atom stereocenters. The van der Waals surface area contributed by atoms with E-state index in [0.29, 0.717) is 49.1 Å². The molecule has 1 saturated heterocycles. The Morgan fingerprint density at radius 1 is 1.16 bits per heavy atom. The first-order chi connectivity index (χ1) is 15.5. The van der Waals surface area contributed by atoms with E-state index in [9.17, 15) is 14.4 Å². The Bertz CT molecular complexity index is 1150. The Kier molecular flexibility index (Phi) is 5.94. The lowest BCUT2D eigenvalue weighted by Gasteiger charge is -2.37. The van der Waals surface area contributed by atoms with Gasteiger partial charge in [-0.15, -0.1) is 0 Å². The molecule has 2 N–H and O–H groups in total. The summed E-state index contributed by atoms with van der Waals surface area (Å²) in [5.74, 6) is 0.376.